The molecule has 2 heterocycles. The van der Waals surface area contributed by atoms with Crippen molar-refractivity contribution in [1.29, 1.82) is 0 Å². The summed E-state index contributed by atoms with van der Waals surface area (Å²) in [6, 6.07) is 0. The third-order valence-corrected chi connectivity index (χ3v) is 1.98. The van der Waals surface area contributed by atoms with E-state index in [2.05, 4.69) is 19.9 Å². The Hall–Kier alpha value is -1.56. The van der Waals surface area contributed by atoms with Gasteiger partial charge in [0.15, 0.2) is 22.3 Å². The molecule has 0 spiro atoms. The van der Waals surface area contributed by atoms with Crippen LogP contribution >= 0.6 is 11.6 Å². The molecular weight excluding hydrogens is 206 g/mol. The maximum atomic E-state index is 10.9. The van der Waals surface area contributed by atoms with E-state index < -0.39 is 0 Å². The number of aromatic nitrogens is 4. The van der Waals surface area contributed by atoms with Crippen molar-refractivity contribution in [3.63, 3.8) is 0 Å². The number of nitrogens with zero attached hydrogens (tertiary/aromatic N) is 3. The van der Waals surface area contributed by atoms with Gasteiger partial charge >= 0.3 is 5.69 Å². The van der Waals surface area contributed by atoms with E-state index in [1.54, 1.807) is 19.0 Å². The van der Waals surface area contributed by atoms with Crippen LogP contribution in [0, 0.1) is 0 Å². The Balaban J connectivity index is 2.76. The van der Waals surface area contributed by atoms with Gasteiger partial charge in [-0.05, 0) is 0 Å². The fourth-order valence-electron chi connectivity index (χ4n) is 1.11. The van der Waals surface area contributed by atoms with Gasteiger partial charge in [-0.15, -0.1) is 0 Å². The van der Waals surface area contributed by atoms with Gasteiger partial charge in [-0.3, -0.25) is 9.97 Å². The second-order valence-electron chi connectivity index (χ2n) is 3.01. The molecule has 6 nitrogen and oxygen atoms in total. The van der Waals surface area contributed by atoms with Gasteiger partial charge in [-0.25, -0.2) is 14.8 Å². The average molecular weight is 214 g/mol. The first-order valence-electron chi connectivity index (χ1n) is 3.91. The Morgan fingerprint density at radius 1 is 1.21 bits per heavy atom. The average Bonchev–Trinajstić information content (AvgIpc) is 2.42. The topological polar surface area (TPSA) is 77.7 Å². The molecule has 0 unspecified atom stereocenters. The molecule has 0 aliphatic heterocycles. The number of rotatable bonds is 1. The largest absolute Gasteiger partial charge is 0.360 e. The van der Waals surface area contributed by atoms with Gasteiger partial charge in [-0.2, -0.15) is 0 Å². The number of halogens is 1. The first-order valence-corrected chi connectivity index (χ1v) is 4.28. The summed E-state index contributed by atoms with van der Waals surface area (Å²) >= 11 is 5.86. The number of aromatic amines is 2. The monoisotopic (exact) mass is 213 g/mol. The van der Waals surface area contributed by atoms with E-state index in [4.69, 9.17) is 11.6 Å². The smallest absolute Gasteiger partial charge is 0.326 e. The maximum absolute atomic E-state index is 10.9. The van der Waals surface area contributed by atoms with Gasteiger partial charge in [0.1, 0.15) is 0 Å². The summed E-state index contributed by atoms with van der Waals surface area (Å²) in [5.41, 5.74) is 0.431. The molecule has 0 radical (unpaired) electrons. The maximum Gasteiger partial charge on any atom is 0.326 e. The lowest BCUT2D eigenvalue weighted by atomic mass is 10.6. The Morgan fingerprint density at radius 2 is 1.79 bits per heavy atom. The van der Waals surface area contributed by atoms with Crippen molar-refractivity contribution in [3.8, 4) is 0 Å². The molecule has 2 rings (SSSR count). The van der Waals surface area contributed by atoms with E-state index in [-0.39, 0.29) is 10.8 Å². The molecule has 0 bridgehead atoms. The van der Waals surface area contributed by atoms with Crippen LogP contribution in [-0.2, 0) is 0 Å². The fourth-order valence-corrected chi connectivity index (χ4v) is 1.41. The molecule has 0 aliphatic carbocycles. The molecule has 0 amide bonds. The summed E-state index contributed by atoms with van der Waals surface area (Å²) in [5, 5.41) is 0.262. The predicted molar refractivity (Wildman–Crippen MR) is 53.8 cm³/mol. The molecule has 2 aromatic rings. The highest BCUT2D eigenvalue weighted by atomic mass is 35.5. The van der Waals surface area contributed by atoms with E-state index in [0.29, 0.717) is 17.1 Å². The normalized spacial score (nSPS) is 10.8. The lowest BCUT2D eigenvalue weighted by molar-refractivity contribution is 1.06. The summed E-state index contributed by atoms with van der Waals surface area (Å²) < 4.78 is 0. The minimum atomic E-state index is -0.341. The highest BCUT2D eigenvalue weighted by Gasteiger charge is 2.10. The third-order valence-electron chi connectivity index (χ3n) is 1.72. The van der Waals surface area contributed by atoms with Gasteiger partial charge in [-0.1, -0.05) is 11.6 Å². The Morgan fingerprint density at radius 3 is 2.36 bits per heavy atom. The van der Waals surface area contributed by atoms with Crippen molar-refractivity contribution < 1.29 is 0 Å². The molecule has 2 N–H and O–H groups in total. The second-order valence-corrected chi connectivity index (χ2v) is 3.37. The summed E-state index contributed by atoms with van der Waals surface area (Å²) in [4.78, 5) is 25.8. The van der Waals surface area contributed by atoms with E-state index in [9.17, 15) is 4.79 Å². The summed E-state index contributed by atoms with van der Waals surface area (Å²) in [7, 11) is 3.60. The molecule has 0 atom stereocenters. The summed E-state index contributed by atoms with van der Waals surface area (Å²) in [6.07, 6.45) is 0. The number of H-pyrrole nitrogens is 2. The number of nitrogens with one attached hydrogen (secondary N) is 2. The van der Waals surface area contributed by atoms with Gasteiger partial charge in [0, 0.05) is 14.1 Å². The first-order chi connectivity index (χ1) is 6.58. The molecular formula is C7H8ClN5O. The van der Waals surface area contributed by atoms with Crippen molar-refractivity contribution in [2.24, 2.45) is 0 Å². The molecule has 0 fully saturated rings. The Labute approximate surface area is 83.9 Å². The Bertz CT molecular complexity index is 528. The van der Waals surface area contributed by atoms with Crippen molar-refractivity contribution in [2.45, 2.75) is 0 Å². The van der Waals surface area contributed by atoms with Crippen LogP contribution in [0.15, 0.2) is 4.79 Å². The van der Waals surface area contributed by atoms with Crippen LogP contribution in [0.5, 0.6) is 0 Å². The SMILES string of the molecule is CN(C)c1nc2[nH]c(=O)[nH]c2nc1Cl. The van der Waals surface area contributed by atoms with Crippen molar-refractivity contribution in [1.82, 2.24) is 19.9 Å². The number of anilines is 1. The minimum Gasteiger partial charge on any atom is -0.360 e. The van der Waals surface area contributed by atoms with E-state index in [1.165, 1.54) is 0 Å². The van der Waals surface area contributed by atoms with E-state index >= 15 is 0 Å². The lowest BCUT2D eigenvalue weighted by Gasteiger charge is -2.11. The highest BCUT2D eigenvalue weighted by molar-refractivity contribution is 6.32. The molecule has 14 heavy (non-hydrogen) atoms. The van der Waals surface area contributed by atoms with Gasteiger partial charge in [0.05, 0.1) is 0 Å². The number of hydrogen-bond donors (Lipinski definition) is 2. The summed E-state index contributed by atoms with van der Waals surface area (Å²) in [5.74, 6) is 0.523. The zero-order valence-corrected chi connectivity index (χ0v) is 8.38. The van der Waals surface area contributed by atoms with E-state index in [1.807, 2.05) is 0 Å². The molecule has 2 aromatic heterocycles. The van der Waals surface area contributed by atoms with Crippen LogP contribution in [0.1, 0.15) is 0 Å². The molecule has 7 heteroatoms. The lowest BCUT2D eigenvalue weighted by Crippen LogP contribution is -2.12. The quantitative estimate of drug-likeness (QED) is 0.717. The van der Waals surface area contributed by atoms with Crippen LogP contribution in [0.25, 0.3) is 11.3 Å². The van der Waals surface area contributed by atoms with Crippen LogP contribution in [0.2, 0.25) is 5.15 Å². The standard InChI is InChI=1S/C7H8ClN5O/c1-13(2)6-3(8)9-4-5(10-6)12-7(14)11-4/h1-2H3,(H2,9,10,11,12,14). The van der Waals surface area contributed by atoms with Gasteiger partial charge < -0.3 is 4.90 Å². The van der Waals surface area contributed by atoms with Gasteiger partial charge in [0.2, 0.25) is 0 Å². The molecule has 0 aromatic carbocycles. The zero-order chi connectivity index (χ0) is 10.3. The van der Waals surface area contributed by atoms with Crippen LogP contribution in [-0.4, -0.2) is 34.0 Å². The highest BCUT2D eigenvalue weighted by Crippen LogP contribution is 2.20. The number of hydrogen-bond acceptors (Lipinski definition) is 4. The van der Waals surface area contributed by atoms with Crippen molar-refractivity contribution in [3.05, 3.63) is 15.6 Å². The van der Waals surface area contributed by atoms with Crippen LogP contribution in [0.3, 0.4) is 0 Å². The predicted octanol–water partition coefficient (Wildman–Crippen LogP) is 0.366. The van der Waals surface area contributed by atoms with Crippen molar-refractivity contribution in [2.75, 3.05) is 19.0 Å². The summed E-state index contributed by atoms with van der Waals surface area (Å²) in [6.45, 7) is 0. The fraction of sp³-hybridized carbons (Fsp3) is 0.286. The zero-order valence-electron chi connectivity index (χ0n) is 7.63. The number of fused-ring (bicyclic) bond motifs is 1. The molecule has 0 aliphatic rings. The molecule has 0 saturated carbocycles. The minimum absolute atomic E-state index is 0.262. The van der Waals surface area contributed by atoms with Gasteiger partial charge in [0.25, 0.3) is 0 Å². The molecule has 74 valence electrons. The third kappa shape index (κ3) is 1.33. The number of imidazole rings is 1. The van der Waals surface area contributed by atoms with Crippen LogP contribution in [0.4, 0.5) is 5.82 Å². The second kappa shape index (κ2) is 2.98. The molecule has 0 saturated heterocycles. The van der Waals surface area contributed by atoms with Crippen molar-refractivity contribution >= 4 is 28.7 Å². The van der Waals surface area contributed by atoms with Crippen LogP contribution < -0.4 is 10.6 Å². The Kier molecular flexibility index (Phi) is 1.92. The van der Waals surface area contributed by atoms with E-state index in [0.717, 1.165) is 0 Å². The first kappa shape index (κ1) is 9.01.